The smallest absolute Gasteiger partial charge is 0.0661 e. The Balaban J connectivity index is 1.53. The minimum atomic E-state index is 0.167. The first kappa shape index (κ1) is 14.8. The zero-order valence-corrected chi connectivity index (χ0v) is 13.0. The Morgan fingerprint density at radius 2 is 1.85 bits per heavy atom. The van der Waals surface area contributed by atoms with Crippen molar-refractivity contribution in [2.24, 2.45) is 10.8 Å². The Morgan fingerprint density at radius 1 is 1.10 bits per heavy atom. The molecule has 20 heavy (non-hydrogen) atoms. The average molecular weight is 281 g/mol. The van der Waals surface area contributed by atoms with Crippen molar-refractivity contribution in [2.75, 3.05) is 19.8 Å². The second kappa shape index (κ2) is 5.94. The maximum atomic E-state index is 9.82. The second-order valence-corrected chi connectivity index (χ2v) is 7.42. The van der Waals surface area contributed by atoms with E-state index in [4.69, 9.17) is 4.74 Å². The molecule has 3 heteroatoms. The van der Waals surface area contributed by atoms with Gasteiger partial charge in [0.25, 0.3) is 0 Å². The van der Waals surface area contributed by atoms with Gasteiger partial charge in [-0.15, -0.1) is 0 Å². The van der Waals surface area contributed by atoms with Gasteiger partial charge in [0.15, 0.2) is 0 Å². The van der Waals surface area contributed by atoms with Gasteiger partial charge in [0.1, 0.15) is 0 Å². The lowest BCUT2D eigenvalue weighted by atomic mass is 9.51. The largest absolute Gasteiger partial charge is 0.396 e. The van der Waals surface area contributed by atoms with Crippen LogP contribution in [0, 0.1) is 10.8 Å². The van der Waals surface area contributed by atoms with E-state index in [0.717, 1.165) is 13.2 Å². The molecular formula is C17H31NO2. The van der Waals surface area contributed by atoms with Gasteiger partial charge in [-0.05, 0) is 39.0 Å². The third-order valence-electron chi connectivity index (χ3n) is 6.41. The standard InChI is InChI=1S/C17H31NO2/c1-2-20-15-11-14(17(15)9-6-10-17)18-12-16(13-19)7-4-3-5-8-16/h14-15,18-19H,2-13H2,1H3. The fourth-order valence-corrected chi connectivity index (χ4v) is 4.76. The van der Waals surface area contributed by atoms with Gasteiger partial charge in [-0.1, -0.05) is 25.7 Å². The highest BCUT2D eigenvalue weighted by Crippen LogP contribution is 2.57. The van der Waals surface area contributed by atoms with Gasteiger partial charge in [0, 0.05) is 36.6 Å². The number of hydrogen-bond acceptors (Lipinski definition) is 3. The van der Waals surface area contributed by atoms with Crippen LogP contribution >= 0.6 is 0 Å². The highest BCUT2D eigenvalue weighted by molar-refractivity contribution is 5.12. The first-order chi connectivity index (χ1) is 9.75. The quantitative estimate of drug-likeness (QED) is 0.786. The fraction of sp³-hybridized carbons (Fsp3) is 1.00. The summed E-state index contributed by atoms with van der Waals surface area (Å²) in [6.45, 7) is 4.32. The van der Waals surface area contributed by atoms with Crippen molar-refractivity contribution in [2.45, 2.75) is 76.9 Å². The molecule has 2 atom stereocenters. The van der Waals surface area contributed by atoms with Crippen LogP contribution in [0.15, 0.2) is 0 Å². The van der Waals surface area contributed by atoms with Gasteiger partial charge in [0.05, 0.1) is 6.10 Å². The van der Waals surface area contributed by atoms with Gasteiger partial charge < -0.3 is 15.2 Å². The third kappa shape index (κ3) is 2.42. The first-order valence-corrected chi connectivity index (χ1v) is 8.71. The fourth-order valence-electron chi connectivity index (χ4n) is 4.76. The molecule has 0 aromatic carbocycles. The lowest BCUT2D eigenvalue weighted by Crippen LogP contribution is -2.67. The minimum absolute atomic E-state index is 0.167. The molecule has 2 unspecified atom stereocenters. The van der Waals surface area contributed by atoms with Crippen LogP contribution in [0.2, 0.25) is 0 Å². The summed E-state index contributed by atoms with van der Waals surface area (Å²) in [4.78, 5) is 0. The van der Waals surface area contributed by atoms with E-state index in [0.29, 0.717) is 24.2 Å². The highest BCUT2D eigenvalue weighted by Gasteiger charge is 2.58. The van der Waals surface area contributed by atoms with E-state index < -0.39 is 0 Å². The van der Waals surface area contributed by atoms with Crippen molar-refractivity contribution >= 4 is 0 Å². The lowest BCUT2D eigenvalue weighted by molar-refractivity contribution is -0.174. The van der Waals surface area contributed by atoms with Crippen molar-refractivity contribution < 1.29 is 9.84 Å². The van der Waals surface area contributed by atoms with Gasteiger partial charge >= 0.3 is 0 Å². The van der Waals surface area contributed by atoms with Crippen LogP contribution in [0.3, 0.4) is 0 Å². The normalized spacial score (nSPS) is 34.5. The Hall–Kier alpha value is -0.120. The predicted molar refractivity (Wildman–Crippen MR) is 80.7 cm³/mol. The van der Waals surface area contributed by atoms with Crippen molar-refractivity contribution in [3.8, 4) is 0 Å². The second-order valence-electron chi connectivity index (χ2n) is 7.42. The zero-order chi connectivity index (χ0) is 14.1. The Kier molecular flexibility index (Phi) is 4.40. The summed E-state index contributed by atoms with van der Waals surface area (Å²) in [5.41, 5.74) is 0.612. The van der Waals surface area contributed by atoms with Gasteiger partial charge in [-0.2, -0.15) is 0 Å². The Morgan fingerprint density at radius 3 is 2.40 bits per heavy atom. The molecule has 0 amide bonds. The highest BCUT2D eigenvalue weighted by atomic mass is 16.5. The summed E-state index contributed by atoms with van der Waals surface area (Å²) >= 11 is 0. The maximum absolute atomic E-state index is 9.82. The van der Waals surface area contributed by atoms with E-state index in [1.807, 2.05) is 0 Å². The SMILES string of the molecule is CCOC1CC(NCC2(CO)CCCCC2)C12CCC2. The van der Waals surface area contributed by atoms with Crippen LogP contribution in [0.4, 0.5) is 0 Å². The number of rotatable bonds is 6. The molecule has 0 radical (unpaired) electrons. The molecule has 3 aliphatic carbocycles. The summed E-state index contributed by atoms with van der Waals surface area (Å²) in [7, 11) is 0. The monoisotopic (exact) mass is 281 g/mol. The number of aliphatic hydroxyl groups is 1. The van der Waals surface area contributed by atoms with E-state index in [-0.39, 0.29) is 5.41 Å². The molecule has 3 rings (SSSR count). The molecule has 3 saturated carbocycles. The van der Waals surface area contributed by atoms with Crippen LogP contribution < -0.4 is 5.32 Å². The molecule has 116 valence electrons. The molecule has 0 saturated heterocycles. The van der Waals surface area contributed by atoms with Gasteiger partial charge in [-0.25, -0.2) is 0 Å². The van der Waals surface area contributed by atoms with Crippen molar-refractivity contribution in [3.63, 3.8) is 0 Å². The lowest BCUT2D eigenvalue weighted by Gasteiger charge is -2.61. The molecule has 0 aromatic heterocycles. The van der Waals surface area contributed by atoms with Crippen LogP contribution in [0.1, 0.15) is 64.7 Å². The first-order valence-electron chi connectivity index (χ1n) is 8.71. The summed E-state index contributed by atoms with van der Waals surface area (Å²) in [6.07, 6.45) is 12.0. The predicted octanol–water partition coefficient (Wildman–Crippen LogP) is 2.87. The van der Waals surface area contributed by atoms with Crippen molar-refractivity contribution in [1.29, 1.82) is 0 Å². The topological polar surface area (TPSA) is 41.5 Å². The number of nitrogens with one attached hydrogen (secondary N) is 1. The van der Waals surface area contributed by atoms with Crippen LogP contribution in [0.25, 0.3) is 0 Å². The van der Waals surface area contributed by atoms with E-state index in [1.54, 1.807) is 0 Å². The molecule has 1 spiro atoms. The van der Waals surface area contributed by atoms with Crippen molar-refractivity contribution in [3.05, 3.63) is 0 Å². The number of aliphatic hydroxyl groups excluding tert-OH is 1. The molecule has 0 bridgehead atoms. The van der Waals surface area contributed by atoms with Crippen LogP contribution in [-0.4, -0.2) is 37.0 Å². The number of ether oxygens (including phenoxy) is 1. The van der Waals surface area contributed by atoms with Crippen molar-refractivity contribution in [1.82, 2.24) is 5.32 Å². The number of hydrogen-bond donors (Lipinski definition) is 2. The molecule has 3 fully saturated rings. The summed E-state index contributed by atoms with van der Waals surface area (Å²) < 4.78 is 5.92. The van der Waals surface area contributed by atoms with Crippen LogP contribution in [0.5, 0.6) is 0 Å². The molecule has 0 heterocycles. The molecule has 0 aromatic rings. The average Bonchev–Trinajstić information content (AvgIpc) is 2.41. The molecule has 3 aliphatic rings. The third-order valence-corrected chi connectivity index (χ3v) is 6.41. The Bertz CT molecular complexity index is 321. The van der Waals surface area contributed by atoms with E-state index >= 15 is 0 Å². The van der Waals surface area contributed by atoms with Gasteiger partial charge in [0.2, 0.25) is 0 Å². The van der Waals surface area contributed by atoms with E-state index in [1.165, 1.54) is 57.8 Å². The summed E-state index contributed by atoms with van der Waals surface area (Å²) in [6, 6.07) is 0.637. The zero-order valence-electron chi connectivity index (χ0n) is 13.0. The summed E-state index contributed by atoms with van der Waals surface area (Å²) in [5, 5.41) is 13.6. The van der Waals surface area contributed by atoms with E-state index in [9.17, 15) is 5.11 Å². The van der Waals surface area contributed by atoms with E-state index in [2.05, 4.69) is 12.2 Å². The Labute approximate surface area is 123 Å². The molecule has 2 N–H and O–H groups in total. The van der Waals surface area contributed by atoms with Crippen LogP contribution in [-0.2, 0) is 4.74 Å². The summed E-state index contributed by atoms with van der Waals surface area (Å²) in [5.74, 6) is 0. The molecule has 3 nitrogen and oxygen atoms in total. The molecular weight excluding hydrogens is 250 g/mol. The minimum Gasteiger partial charge on any atom is -0.396 e. The maximum Gasteiger partial charge on any atom is 0.0661 e. The molecule has 0 aliphatic heterocycles. The van der Waals surface area contributed by atoms with Gasteiger partial charge in [-0.3, -0.25) is 0 Å².